The van der Waals surface area contributed by atoms with Gasteiger partial charge in [-0.2, -0.15) is 0 Å². The first-order valence-electron chi connectivity index (χ1n) is 6.91. The monoisotopic (exact) mass is 338 g/mol. The quantitative estimate of drug-likeness (QED) is 0.647. The second kappa shape index (κ2) is 8.08. The summed E-state index contributed by atoms with van der Waals surface area (Å²) in [6.45, 7) is -0.338. The zero-order chi connectivity index (χ0) is 16.8. The summed E-state index contributed by atoms with van der Waals surface area (Å²) in [6, 6.07) is 9.94. The van der Waals surface area contributed by atoms with Gasteiger partial charge < -0.3 is 9.84 Å². The third-order valence-electron chi connectivity index (χ3n) is 3.23. The summed E-state index contributed by atoms with van der Waals surface area (Å²) in [7, 11) is 0. The SMILES string of the molecule is CSc1ccc(C(O)COC(=O)Cc2ccc(F)cc2)c(F)c1. The summed E-state index contributed by atoms with van der Waals surface area (Å²) in [5, 5.41) is 9.94. The van der Waals surface area contributed by atoms with Crippen molar-refractivity contribution in [2.75, 3.05) is 12.9 Å². The molecule has 0 aliphatic carbocycles. The molecule has 1 unspecified atom stereocenters. The second-order valence-corrected chi connectivity index (χ2v) is 5.77. The highest BCUT2D eigenvalue weighted by Gasteiger charge is 2.16. The van der Waals surface area contributed by atoms with Gasteiger partial charge in [0.1, 0.15) is 24.3 Å². The summed E-state index contributed by atoms with van der Waals surface area (Å²) < 4.78 is 31.6. The van der Waals surface area contributed by atoms with E-state index in [1.54, 1.807) is 6.07 Å². The molecule has 6 heteroatoms. The molecule has 0 aromatic heterocycles. The molecule has 0 heterocycles. The Hall–Kier alpha value is -1.92. The molecule has 1 N–H and O–H groups in total. The van der Waals surface area contributed by atoms with Gasteiger partial charge in [0.15, 0.2) is 0 Å². The Morgan fingerprint density at radius 3 is 2.52 bits per heavy atom. The van der Waals surface area contributed by atoms with Gasteiger partial charge in [-0.15, -0.1) is 11.8 Å². The molecule has 0 fully saturated rings. The fraction of sp³-hybridized carbons (Fsp3) is 0.235. The van der Waals surface area contributed by atoms with Gasteiger partial charge in [0.05, 0.1) is 6.42 Å². The number of carbonyl (C=O) groups excluding carboxylic acids is 1. The third kappa shape index (κ3) is 5.04. The van der Waals surface area contributed by atoms with Crippen molar-refractivity contribution >= 4 is 17.7 Å². The van der Waals surface area contributed by atoms with Crippen LogP contribution in [0.15, 0.2) is 47.4 Å². The highest BCUT2D eigenvalue weighted by Crippen LogP contribution is 2.23. The molecule has 2 rings (SSSR count). The molecule has 0 amide bonds. The maximum atomic E-state index is 13.8. The predicted octanol–water partition coefficient (Wildman–Crippen LogP) is 3.51. The summed E-state index contributed by atoms with van der Waals surface area (Å²) in [5.41, 5.74) is 0.679. The van der Waals surface area contributed by atoms with E-state index < -0.39 is 17.9 Å². The number of benzene rings is 2. The van der Waals surface area contributed by atoms with Gasteiger partial charge in [-0.1, -0.05) is 18.2 Å². The van der Waals surface area contributed by atoms with E-state index >= 15 is 0 Å². The van der Waals surface area contributed by atoms with Crippen molar-refractivity contribution < 1.29 is 23.4 Å². The average Bonchev–Trinajstić information content (AvgIpc) is 2.54. The Bertz CT molecular complexity index is 674. The minimum atomic E-state index is -1.23. The topological polar surface area (TPSA) is 46.5 Å². The molecule has 3 nitrogen and oxygen atoms in total. The summed E-state index contributed by atoms with van der Waals surface area (Å²) >= 11 is 1.39. The third-order valence-corrected chi connectivity index (χ3v) is 3.96. The largest absolute Gasteiger partial charge is 0.462 e. The van der Waals surface area contributed by atoms with Crippen LogP contribution in [0.5, 0.6) is 0 Å². The molecular formula is C17H16F2O3S. The standard InChI is InChI=1S/C17H16F2O3S/c1-23-13-6-7-14(15(19)9-13)16(20)10-22-17(21)8-11-2-4-12(18)5-3-11/h2-7,9,16,20H,8,10H2,1H3. The van der Waals surface area contributed by atoms with Gasteiger partial charge in [0.25, 0.3) is 0 Å². The molecule has 0 saturated heterocycles. The lowest BCUT2D eigenvalue weighted by Gasteiger charge is -2.13. The molecule has 0 radical (unpaired) electrons. The molecular weight excluding hydrogens is 322 g/mol. The van der Waals surface area contributed by atoms with Crippen LogP contribution in [0.2, 0.25) is 0 Å². The van der Waals surface area contributed by atoms with E-state index in [1.165, 1.54) is 48.2 Å². The van der Waals surface area contributed by atoms with Gasteiger partial charge in [-0.25, -0.2) is 8.78 Å². The van der Waals surface area contributed by atoms with Gasteiger partial charge in [-0.05, 0) is 36.1 Å². The van der Waals surface area contributed by atoms with Crippen molar-refractivity contribution in [3.63, 3.8) is 0 Å². The molecule has 0 spiro atoms. The van der Waals surface area contributed by atoms with E-state index in [4.69, 9.17) is 4.74 Å². The second-order valence-electron chi connectivity index (χ2n) is 4.89. The van der Waals surface area contributed by atoms with Crippen LogP contribution in [0.4, 0.5) is 8.78 Å². The number of rotatable bonds is 6. The predicted molar refractivity (Wildman–Crippen MR) is 84.2 cm³/mol. The molecule has 2 aromatic carbocycles. The van der Waals surface area contributed by atoms with Crippen molar-refractivity contribution in [1.82, 2.24) is 0 Å². The zero-order valence-corrected chi connectivity index (χ0v) is 13.3. The molecule has 0 aliphatic heterocycles. The Balaban J connectivity index is 1.89. The number of halogens is 2. The van der Waals surface area contributed by atoms with Crippen LogP contribution in [0.3, 0.4) is 0 Å². The summed E-state index contributed by atoms with van der Waals surface area (Å²) in [4.78, 5) is 12.4. The van der Waals surface area contributed by atoms with Crippen molar-refractivity contribution in [3.05, 3.63) is 65.2 Å². The van der Waals surface area contributed by atoms with Crippen LogP contribution in [0.1, 0.15) is 17.2 Å². The Morgan fingerprint density at radius 2 is 1.91 bits per heavy atom. The van der Waals surface area contributed by atoms with Crippen molar-refractivity contribution in [1.29, 1.82) is 0 Å². The highest BCUT2D eigenvalue weighted by atomic mass is 32.2. The van der Waals surface area contributed by atoms with E-state index in [2.05, 4.69) is 0 Å². The first-order valence-corrected chi connectivity index (χ1v) is 8.13. The fourth-order valence-corrected chi connectivity index (χ4v) is 2.41. The number of carbonyl (C=O) groups is 1. The van der Waals surface area contributed by atoms with Crippen molar-refractivity contribution in [3.8, 4) is 0 Å². The Kier molecular flexibility index (Phi) is 6.12. The van der Waals surface area contributed by atoms with Crippen LogP contribution >= 0.6 is 11.8 Å². The zero-order valence-electron chi connectivity index (χ0n) is 12.5. The van der Waals surface area contributed by atoms with Gasteiger partial charge in [-0.3, -0.25) is 4.79 Å². The number of esters is 1. The maximum absolute atomic E-state index is 13.8. The number of aliphatic hydroxyl groups excluding tert-OH is 1. The minimum Gasteiger partial charge on any atom is -0.462 e. The van der Waals surface area contributed by atoms with Crippen LogP contribution in [0, 0.1) is 11.6 Å². The smallest absolute Gasteiger partial charge is 0.310 e. The van der Waals surface area contributed by atoms with Crippen LogP contribution in [0.25, 0.3) is 0 Å². The Morgan fingerprint density at radius 1 is 1.22 bits per heavy atom. The summed E-state index contributed by atoms with van der Waals surface area (Å²) in [5.74, 6) is -1.50. The van der Waals surface area contributed by atoms with E-state index in [0.717, 1.165) is 4.90 Å². The van der Waals surface area contributed by atoms with Crippen LogP contribution in [-0.4, -0.2) is 23.9 Å². The molecule has 0 aliphatic rings. The van der Waals surface area contributed by atoms with Gasteiger partial charge >= 0.3 is 5.97 Å². The molecule has 1 atom stereocenters. The van der Waals surface area contributed by atoms with Gasteiger partial charge in [0.2, 0.25) is 0 Å². The van der Waals surface area contributed by atoms with Gasteiger partial charge in [0, 0.05) is 10.5 Å². The maximum Gasteiger partial charge on any atom is 0.310 e. The molecule has 23 heavy (non-hydrogen) atoms. The van der Waals surface area contributed by atoms with E-state index in [0.29, 0.717) is 5.56 Å². The first kappa shape index (κ1) is 17.4. The number of thioether (sulfide) groups is 1. The normalized spacial score (nSPS) is 12.0. The lowest BCUT2D eigenvalue weighted by molar-refractivity contribution is -0.146. The number of hydrogen-bond acceptors (Lipinski definition) is 4. The van der Waals surface area contributed by atoms with Crippen molar-refractivity contribution in [2.45, 2.75) is 17.4 Å². The number of ether oxygens (including phenoxy) is 1. The van der Waals surface area contributed by atoms with Crippen molar-refractivity contribution in [2.24, 2.45) is 0 Å². The lowest BCUT2D eigenvalue weighted by atomic mass is 10.1. The van der Waals surface area contributed by atoms with Crippen LogP contribution < -0.4 is 0 Å². The van der Waals surface area contributed by atoms with E-state index in [9.17, 15) is 18.7 Å². The first-order chi connectivity index (χ1) is 11.0. The average molecular weight is 338 g/mol. The molecule has 122 valence electrons. The number of hydrogen-bond donors (Lipinski definition) is 1. The Labute approximate surface area is 137 Å². The summed E-state index contributed by atoms with van der Waals surface area (Å²) in [6.07, 6.45) is 0.547. The fourth-order valence-electron chi connectivity index (χ4n) is 1.99. The molecule has 2 aromatic rings. The van der Waals surface area contributed by atoms with E-state index in [-0.39, 0.29) is 24.4 Å². The molecule has 0 bridgehead atoms. The highest BCUT2D eigenvalue weighted by molar-refractivity contribution is 7.98. The number of aliphatic hydroxyl groups is 1. The minimum absolute atomic E-state index is 0.0408. The molecule has 0 saturated carbocycles. The van der Waals surface area contributed by atoms with Crippen LogP contribution in [-0.2, 0) is 16.0 Å². The van der Waals surface area contributed by atoms with E-state index in [1.807, 2.05) is 6.26 Å². The lowest BCUT2D eigenvalue weighted by Crippen LogP contribution is -2.15.